The van der Waals surface area contributed by atoms with Crippen molar-refractivity contribution in [3.05, 3.63) is 64.6 Å². The van der Waals surface area contributed by atoms with E-state index in [9.17, 15) is 4.79 Å². The van der Waals surface area contributed by atoms with Crippen molar-refractivity contribution in [2.45, 2.75) is 6.42 Å². The van der Waals surface area contributed by atoms with Gasteiger partial charge in [-0.2, -0.15) is 0 Å². The highest BCUT2D eigenvalue weighted by molar-refractivity contribution is 9.10. The van der Waals surface area contributed by atoms with E-state index in [1.54, 1.807) is 0 Å². The molecular formula is C15H15BrN2O. The fraction of sp³-hybridized carbons (Fsp3) is 0.133. The highest BCUT2D eigenvalue weighted by Crippen LogP contribution is 2.15. The highest BCUT2D eigenvalue weighted by atomic mass is 79.9. The number of anilines is 1. The molecule has 4 heteroatoms. The number of hydrogen-bond acceptors (Lipinski definition) is 1. The summed E-state index contributed by atoms with van der Waals surface area (Å²) >= 11 is 3.49. The van der Waals surface area contributed by atoms with Gasteiger partial charge in [0, 0.05) is 16.7 Å². The first kappa shape index (κ1) is 13.6. The number of rotatable bonds is 4. The van der Waals surface area contributed by atoms with Crippen molar-refractivity contribution in [2.75, 3.05) is 11.9 Å². The van der Waals surface area contributed by atoms with Crippen LogP contribution < -0.4 is 10.6 Å². The lowest BCUT2D eigenvalue weighted by molar-refractivity contribution is 0.252. The van der Waals surface area contributed by atoms with Crippen molar-refractivity contribution < 1.29 is 4.79 Å². The molecule has 0 unspecified atom stereocenters. The molecule has 0 radical (unpaired) electrons. The van der Waals surface area contributed by atoms with Crippen molar-refractivity contribution >= 4 is 27.6 Å². The summed E-state index contributed by atoms with van der Waals surface area (Å²) in [5.41, 5.74) is 1.98. The van der Waals surface area contributed by atoms with Gasteiger partial charge >= 0.3 is 6.03 Å². The zero-order valence-electron chi connectivity index (χ0n) is 10.4. The third kappa shape index (κ3) is 4.41. The molecule has 2 N–H and O–H groups in total. The monoisotopic (exact) mass is 318 g/mol. The molecule has 2 rings (SSSR count). The van der Waals surface area contributed by atoms with Crippen molar-refractivity contribution in [1.29, 1.82) is 0 Å². The summed E-state index contributed by atoms with van der Waals surface area (Å²) in [5, 5.41) is 5.62. The van der Waals surface area contributed by atoms with E-state index < -0.39 is 0 Å². The van der Waals surface area contributed by atoms with E-state index in [0.29, 0.717) is 6.54 Å². The SMILES string of the molecule is O=C(NCCc1ccccc1Br)Nc1ccccc1. The smallest absolute Gasteiger partial charge is 0.319 e. The van der Waals surface area contributed by atoms with Crippen molar-refractivity contribution in [2.24, 2.45) is 0 Å². The second-order valence-electron chi connectivity index (χ2n) is 4.09. The Labute approximate surface area is 121 Å². The maximum atomic E-state index is 11.7. The number of halogens is 1. The Morgan fingerprint density at radius 2 is 1.68 bits per heavy atom. The second kappa shape index (κ2) is 6.95. The van der Waals surface area contributed by atoms with Crippen molar-refractivity contribution in [3.63, 3.8) is 0 Å². The lowest BCUT2D eigenvalue weighted by Gasteiger charge is -2.08. The zero-order chi connectivity index (χ0) is 13.5. The van der Waals surface area contributed by atoms with Gasteiger partial charge in [-0.15, -0.1) is 0 Å². The summed E-state index contributed by atoms with van der Waals surface area (Å²) in [6.45, 7) is 0.598. The maximum Gasteiger partial charge on any atom is 0.319 e. The fourth-order valence-electron chi connectivity index (χ4n) is 1.71. The van der Waals surface area contributed by atoms with Crippen molar-refractivity contribution in [3.8, 4) is 0 Å². The van der Waals surface area contributed by atoms with E-state index in [4.69, 9.17) is 0 Å². The van der Waals surface area contributed by atoms with Gasteiger partial charge in [-0.1, -0.05) is 52.3 Å². The fourth-order valence-corrected chi connectivity index (χ4v) is 2.19. The maximum absolute atomic E-state index is 11.7. The van der Waals surface area contributed by atoms with E-state index in [2.05, 4.69) is 26.6 Å². The topological polar surface area (TPSA) is 41.1 Å². The number of amides is 2. The molecule has 0 bridgehead atoms. The third-order valence-corrected chi connectivity index (χ3v) is 3.44. The van der Waals surface area contributed by atoms with E-state index in [0.717, 1.165) is 16.6 Å². The van der Waals surface area contributed by atoms with Crippen LogP contribution in [0.15, 0.2) is 59.1 Å². The van der Waals surface area contributed by atoms with Gasteiger partial charge in [0.2, 0.25) is 0 Å². The summed E-state index contributed by atoms with van der Waals surface area (Å²) < 4.78 is 1.07. The predicted molar refractivity (Wildman–Crippen MR) is 81.3 cm³/mol. The van der Waals surface area contributed by atoms with E-state index in [-0.39, 0.29) is 6.03 Å². The number of para-hydroxylation sites is 1. The van der Waals surface area contributed by atoms with Gasteiger partial charge in [-0.3, -0.25) is 0 Å². The zero-order valence-corrected chi connectivity index (χ0v) is 12.0. The molecule has 2 amide bonds. The molecule has 2 aromatic carbocycles. The van der Waals surface area contributed by atoms with Crippen LogP contribution >= 0.6 is 15.9 Å². The molecule has 3 nitrogen and oxygen atoms in total. The molecule has 98 valence electrons. The van der Waals surface area contributed by atoms with Gasteiger partial charge in [0.15, 0.2) is 0 Å². The molecule has 0 saturated heterocycles. The number of hydrogen-bond donors (Lipinski definition) is 2. The first-order chi connectivity index (χ1) is 9.25. The van der Waals surface area contributed by atoms with E-state index in [1.807, 2.05) is 54.6 Å². The predicted octanol–water partition coefficient (Wildman–Crippen LogP) is 3.81. The Morgan fingerprint density at radius 3 is 2.42 bits per heavy atom. The summed E-state index contributed by atoms with van der Waals surface area (Å²) in [7, 11) is 0. The van der Waals surface area contributed by atoms with Gasteiger partial charge in [0.25, 0.3) is 0 Å². The molecule has 0 fully saturated rings. The third-order valence-electron chi connectivity index (χ3n) is 2.67. The average molecular weight is 319 g/mol. The molecule has 0 aliphatic heterocycles. The Balaban J connectivity index is 1.77. The average Bonchev–Trinajstić information content (AvgIpc) is 2.42. The van der Waals surface area contributed by atoms with Crippen LogP contribution in [-0.2, 0) is 6.42 Å². The molecule has 0 aliphatic rings. The first-order valence-corrected chi connectivity index (χ1v) is 6.88. The lowest BCUT2D eigenvalue weighted by Crippen LogP contribution is -2.30. The lowest BCUT2D eigenvalue weighted by atomic mass is 10.1. The molecule has 0 aromatic heterocycles. The summed E-state index contributed by atoms with van der Waals surface area (Å²) in [6, 6.07) is 17.2. The van der Waals surface area contributed by atoms with Crippen molar-refractivity contribution in [1.82, 2.24) is 5.32 Å². The standard InChI is InChI=1S/C15H15BrN2O/c16-14-9-5-4-6-12(14)10-11-17-15(19)18-13-7-2-1-3-8-13/h1-9H,10-11H2,(H2,17,18,19). The van der Waals surface area contributed by atoms with Crippen LogP contribution in [0, 0.1) is 0 Å². The van der Waals surface area contributed by atoms with Crippen LogP contribution in [-0.4, -0.2) is 12.6 Å². The molecule has 0 atom stereocenters. The molecule has 0 saturated carbocycles. The van der Waals surface area contributed by atoms with Gasteiger partial charge in [-0.25, -0.2) is 4.79 Å². The van der Waals surface area contributed by atoms with Crippen LogP contribution in [0.4, 0.5) is 10.5 Å². The minimum atomic E-state index is -0.182. The van der Waals surface area contributed by atoms with Crippen LogP contribution in [0.5, 0.6) is 0 Å². The Morgan fingerprint density at radius 1 is 1.00 bits per heavy atom. The first-order valence-electron chi connectivity index (χ1n) is 6.09. The number of benzene rings is 2. The van der Waals surface area contributed by atoms with Crippen LogP contribution in [0.25, 0.3) is 0 Å². The van der Waals surface area contributed by atoms with Crippen LogP contribution in [0.3, 0.4) is 0 Å². The van der Waals surface area contributed by atoms with Gasteiger partial charge in [-0.05, 0) is 30.2 Å². The van der Waals surface area contributed by atoms with Crippen LogP contribution in [0.1, 0.15) is 5.56 Å². The number of nitrogens with one attached hydrogen (secondary N) is 2. The number of urea groups is 1. The number of carbonyl (C=O) groups is 1. The van der Waals surface area contributed by atoms with Crippen LogP contribution in [0.2, 0.25) is 0 Å². The minimum absolute atomic E-state index is 0.182. The quantitative estimate of drug-likeness (QED) is 0.884. The normalized spacial score (nSPS) is 9.95. The minimum Gasteiger partial charge on any atom is -0.338 e. The Hall–Kier alpha value is -1.81. The second-order valence-corrected chi connectivity index (χ2v) is 4.94. The molecular weight excluding hydrogens is 304 g/mol. The Bertz CT molecular complexity index is 543. The molecule has 2 aromatic rings. The highest BCUT2D eigenvalue weighted by Gasteiger charge is 2.02. The molecule has 0 aliphatic carbocycles. The van der Waals surface area contributed by atoms with E-state index >= 15 is 0 Å². The summed E-state index contributed by atoms with van der Waals surface area (Å²) in [5.74, 6) is 0. The van der Waals surface area contributed by atoms with E-state index in [1.165, 1.54) is 5.56 Å². The number of carbonyl (C=O) groups excluding carboxylic acids is 1. The Kier molecular flexibility index (Phi) is 4.98. The molecule has 0 heterocycles. The molecule has 0 spiro atoms. The van der Waals surface area contributed by atoms with Gasteiger partial charge < -0.3 is 10.6 Å². The van der Waals surface area contributed by atoms with Gasteiger partial charge in [0.05, 0.1) is 0 Å². The van der Waals surface area contributed by atoms with Gasteiger partial charge in [0.1, 0.15) is 0 Å². The largest absolute Gasteiger partial charge is 0.338 e. The molecule has 19 heavy (non-hydrogen) atoms. The summed E-state index contributed by atoms with van der Waals surface area (Å²) in [6.07, 6.45) is 0.795. The summed E-state index contributed by atoms with van der Waals surface area (Å²) in [4.78, 5) is 11.7.